The Bertz CT molecular complexity index is 3000. The number of anilines is 3. The summed E-state index contributed by atoms with van der Waals surface area (Å²) in [5.74, 6) is 2.92. The topological polar surface area (TPSA) is 21.7 Å². The van der Waals surface area contributed by atoms with E-state index in [2.05, 4.69) is 181 Å². The molecule has 0 N–H and O–H groups in total. The number of hydrogen-bond acceptors (Lipinski definition) is 3. The van der Waals surface area contributed by atoms with Gasteiger partial charge in [0, 0.05) is 17.1 Å². The highest BCUT2D eigenvalue weighted by molar-refractivity contribution is 5.97. The highest BCUT2D eigenvalue weighted by Gasteiger charge is 2.52. The monoisotopic (exact) mass is 743 g/mol. The Labute approximate surface area is 338 Å². The van der Waals surface area contributed by atoms with Crippen molar-refractivity contribution in [2.75, 3.05) is 4.90 Å². The van der Waals surface area contributed by atoms with E-state index in [1.165, 1.54) is 66.8 Å². The zero-order valence-corrected chi connectivity index (χ0v) is 31.7. The zero-order chi connectivity index (χ0) is 38.2. The molecule has 0 radical (unpaired) electrons. The third-order valence-electron chi connectivity index (χ3n) is 12.4. The zero-order valence-electron chi connectivity index (χ0n) is 31.7. The van der Waals surface area contributed by atoms with E-state index < -0.39 is 5.41 Å². The Hall–Kier alpha value is -7.36. The van der Waals surface area contributed by atoms with Gasteiger partial charge in [0.25, 0.3) is 0 Å². The van der Waals surface area contributed by atoms with Gasteiger partial charge in [-0.15, -0.1) is 0 Å². The Morgan fingerprint density at radius 3 is 1.59 bits per heavy atom. The first-order valence-corrected chi connectivity index (χ1v) is 20.1. The molecule has 1 atom stereocenters. The average molecular weight is 744 g/mol. The van der Waals surface area contributed by atoms with Crippen molar-refractivity contribution in [3.63, 3.8) is 0 Å². The molecule has 1 heterocycles. The number of rotatable bonds is 5. The van der Waals surface area contributed by atoms with Gasteiger partial charge in [-0.25, -0.2) is 0 Å². The Morgan fingerprint density at radius 2 is 0.914 bits per heavy atom. The second-order valence-electron chi connectivity index (χ2n) is 15.5. The van der Waals surface area contributed by atoms with Crippen molar-refractivity contribution in [3.05, 3.63) is 228 Å². The molecule has 0 fully saturated rings. The molecule has 3 aliphatic carbocycles. The van der Waals surface area contributed by atoms with E-state index in [4.69, 9.17) is 9.47 Å². The van der Waals surface area contributed by atoms with Crippen molar-refractivity contribution in [1.82, 2.24) is 0 Å². The SMILES string of the molecule is C1=CC(c2ccc(N(c3ccc(-c4ccccc4)cc3)c3ccc4c(c3)C3(c5ccccc5-4)c4ccccc4-c4cc5c(cc43)Oc3ccccc3O5)cc2)=CCC1. The maximum atomic E-state index is 6.61. The van der Waals surface area contributed by atoms with Gasteiger partial charge in [0.2, 0.25) is 0 Å². The normalized spacial score (nSPS) is 16.2. The molecule has 8 aromatic rings. The number of fused-ring (bicyclic) bond motifs is 12. The molecule has 1 unspecified atom stereocenters. The van der Waals surface area contributed by atoms with Crippen LogP contribution in [0.25, 0.3) is 39.0 Å². The molecule has 12 rings (SSSR count). The van der Waals surface area contributed by atoms with Crippen LogP contribution in [0, 0.1) is 0 Å². The third-order valence-corrected chi connectivity index (χ3v) is 12.4. The maximum absolute atomic E-state index is 6.61. The highest BCUT2D eigenvalue weighted by Crippen LogP contribution is 2.65. The fourth-order valence-electron chi connectivity index (χ4n) is 9.80. The van der Waals surface area contributed by atoms with E-state index in [-0.39, 0.29) is 0 Å². The second-order valence-corrected chi connectivity index (χ2v) is 15.5. The number of allylic oxidation sites excluding steroid dienone is 4. The van der Waals surface area contributed by atoms with Crippen LogP contribution in [0.15, 0.2) is 200 Å². The predicted octanol–water partition coefficient (Wildman–Crippen LogP) is 14.8. The lowest BCUT2D eigenvalue weighted by Crippen LogP contribution is -2.26. The second kappa shape index (κ2) is 12.8. The highest BCUT2D eigenvalue weighted by atomic mass is 16.6. The first-order chi connectivity index (χ1) is 28.7. The standard InChI is InChI=1S/C55H37NO2/c1-3-13-36(14-4-1)38-23-27-40(28-24-38)56(41-29-25-39(26-30-41)37-15-5-2-6-16-37)42-31-32-45-43-17-7-9-19-47(43)55(49(45)33-42)48-20-10-8-18-44(48)46-34-53-54(35-50(46)55)58-52-22-12-11-21-51(52)57-53/h1,3-5,7-35H,2,6H2. The molecule has 4 aliphatic rings. The van der Waals surface area contributed by atoms with Gasteiger partial charge in [0.1, 0.15) is 0 Å². The summed E-state index contributed by atoms with van der Waals surface area (Å²) in [6.45, 7) is 0. The molecule has 0 saturated carbocycles. The summed E-state index contributed by atoms with van der Waals surface area (Å²) in [4.78, 5) is 2.41. The minimum absolute atomic E-state index is 0.574. The first kappa shape index (κ1) is 32.8. The summed E-state index contributed by atoms with van der Waals surface area (Å²) < 4.78 is 13.1. The molecule has 8 aromatic carbocycles. The Kier molecular flexibility index (Phi) is 7.27. The van der Waals surface area contributed by atoms with E-state index in [1.54, 1.807) is 0 Å². The minimum atomic E-state index is -0.574. The Morgan fingerprint density at radius 1 is 0.379 bits per heavy atom. The van der Waals surface area contributed by atoms with Crippen molar-refractivity contribution in [2.24, 2.45) is 0 Å². The molecule has 1 aliphatic heterocycles. The summed E-state index contributed by atoms with van der Waals surface area (Å²) >= 11 is 0. The lowest BCUT2D eigenvalue weighted by atomic mass is 9.70. The molecular weight excluding hydrogens is 707 g/mol. The summed E-state index contributed by atoms with van der Waals surface area (Å²) in [5.41, 5.74) is 17.5. The molecular formula is C55H37NO2. The van der Waals surface area contributed by atoms with Crippen molar-refractivity contribution in [3.8, 4) is 56.4 Å². The van der Waals surface area contributed by atoms with Crippen LogP contribution >= 0.6 is 0 Å². The van der Waals surface area contributed by atoms with Crippen LogP contribution in [0.3, 0.4) is 0 Å². The lowest BCUT2D eigenvalue weighted by molar-refractivity contribution is 0.359. The first-order valence-electron chi connectivity index (χ1n) is 20.1. The fourth-order valence-corrected chi connectivity index (χ4v) is 9.80. The van der Waals surface area contributed by atoms with Gasteiger partial charge < -0.3 is 14.4 Å². The van der Waals surface area contributed by atoms with Crippen LogP contribution in [-0.4, -0.2) is 0 Å². The molecule has 3 nitrogen and oxygen atoms in total. The van der Waals surface area contributed by atoms with Crippen molar-refractivity contribution in [2.45, 2.75) is 18.3 Å². The summed E-state index contributed by atoms with van der Waals surface area (Å²) in [5, 5.41) is 0. The molecule has 3 heteroatoms. The van der Waals surface area contributed by atoms with Crippen LogP contribution in [-0.2, 0) is 5.41 Å². The molecule has 1 spiro atoms. The number of para-hydroxylation sites is 2. The maximum Gasteiger partial charge on any atom is 0.170 e. The van der Waals surface area contributed by atoms with E-state index in [0.717, 1.165) is 52.9 Å². The van der Waals surface area contributed by atoms with E-state index in [0.29, 0.717) is 0 Å². The largest absolute Gasteiger partial charge is 0.450 e. The number of nitrogens with zero attached hydrogens (tertiary/aromatic N) is 1. The van der Waals surface area contributed by atoms with Gasteiger partial charge in [0.15, 0.2) is 23.0 Å². The molecule has 0 bridgehead atoms. The quantitative estimate of drug-likeness (QED) is 0.175. The number of hydrogen-bond donors (Lipinski definition) is 0. The smallest absolute Gasteiger partial charge is 0.170 e. The van der Waals surface area contributed by atoms with Crippen molar-refractivity contribution < 1.29 is 9.47 Å². The van der Waals surface area contributed by atoms with E-state index in [1.807, 2.05) is 24.3 Å². The molecule has 0 amide bonds. The van der Waals surface area contributed by atoms with E-state index in [9.17, 15) is 0 Å². The lowest BCUT2D eigenvalue weighted by Gasteiger charge is -2.33. The summed E-state index contributed by atoms with van der Waals surface area (Å²) in [6.07, 6.45) is 9.05. The van der Waals surface area contributed by atoms with Crippen LogP contribution < -0.4 is 14.4 Å². The molecule has 58 heavy (non-hydrogen) atoms. The van der Waals surface area contributed by atoms with Crippen LogP contribution in [0.2, 0.25) is 0 Å². The van der Waals surface area contributed by atoms with Crippen LogP contribution in [0.5, 0.6) is 23.0 Å². The molecule has 0 saturated heterocycles. The van der Waals surface area contributed by atoms with Gasteiger partial charge in [-0.05, 0) is 140 Å². The van der Waals surface area contributed by atoms with Crippen molar-refractivity contribution in [1.29, 1.82) is 0 Å². The minimum Gasteiger partial charge on any atom is -0.450 e. The average Bonchev–Trinajstić information content (AvgIpc) is 3.75. The summed E-state index contributed by atoms with van der Waals surface area (Å²) in [6, 6.07) is 65.9. The third kappa shape index (κ3) is 4.86. The van der Waals surface area contributed by atoms with Crippen LogP contribution in [0.1, 0.15) is 40.7 Å². The van der Waals surface area contributed by atoms with Gasteiger partial charge >= 0.3 is 0 Å². The fraction of sp³-hybridized carbons (Fsp3) is 0.0545. The van der Waals surface area contributed by atoms with E-state index >= 15 is 0 Å². The van der Waals surface area contributed by atoms with Crippen LogP contribution in [0.4, 0.5) is 17.1 Å². The molecule has 0 aromatic heterocycles. The number of ether oxygens (including phenoxy) is 2. The number of benzene rings is 8. The Balaban J connectivity index is 1.06. The van der Waals surface area contributed by atoms with Crippen molar-refractivity contribution >= 4 is 22.6 Å². The summed E-state index contributed by atoms with van der Waals surface area (Å²) in [7, 11) is 0. The van der Waals surface area contributed by atoms with Gasteiger partial charge in [-0.3, -0.25) is 0 Å². The molecule has 274 valence electrons. The van der Waals surface area contributed by atoms with Gasteiger partial charge in [-0.1, -0.05) is 140 Å². The van der Waals surface area contributed by atoms with Gasteiger partial charge in [-0.2, -0.15) is 0 Å². The predicted molar refractivity (Wildman–Crippen MR) is 236 cm³/mol. The van der Waals surface area contributed by atoms with Gasteiger partial charge in [0.05, 0.1) is 5.41 Å².